The van der Waals surface area contributed by atoms with Gasteiger partial charge in [0, 0.05) is 36.6 Å². The zero-order valence-electron chi connectivity index (χ0n) is 22.7. The second-order valence-corrected chi connectivity index (χ2v) is 13.1. The van der Waals surface area contributed by atoms with E-state index >= 15 is 0 Å². The van der Waals surface area contributed by atoms with Gasteiger partial charge in [-0.15, -0.1) is 0 Å². The second kappa shape index (κ2) is 11.4. The topological polar surface area (TPSA) is 97.2 Å². The molecule has 0 bridgehead atoms. The molecule has 2 aliphatic rings. The average molecular weight is 591 g/mol. The maximum atomic E-state index is 12.8. The average Bonchev–Trinajstić information content (AvgIpc) is 3.62. The summed E-state index contributed by atoms with van der Waals surface area (Å²) in [6.45, 7) is 7.56. The van der Waals surface area contributed by atoms with Crippen LogP contribution in [0, 0.1) is 6.92 Å². The molecule has 1 aliphatic heterocycles. The van der Waals surface area contributed by atoms with Crippen LogP contribution >= 0.6 is 23.2 Å². The molecule has 0 spiro atoms. The number of hydrogen-bond acceptors (Lipinski definition) is 8. The molecule has 208 valence electrons. The van der Waals surface area contributed by atoms with Crippen LogP contribution in [0.15, 0.2) is 34.6 Å². The molecule has 0 saturated heterocycles. The van der Waals surface area contributed by atoms with Crippen molar-refractivity contribution in [3.63, 3.8) is 0 Å². The Morgan fingerprint density at radius 2 is 1.92 bits per heavy atom. The van der Waals surface area contributed by atoms with Gasteiger partial charge in [-0.2, -0.15) is 10.1 Å². The van der Waals surface area contributed by atoms with E-state index in [-0.39, 0.29) is 11.4 Å². The fourth-order valence-corrected chi connectivity index (χ4v) is 5.91. The molecule has 0 amide bonds. The Morgan fingerprint density at radius 1 is 1.15 bits per heavy atom. The van der Waals surface area contributed by atoms with Crippen LogP contribution in [0.1, 0.15) is 44.2 Å². The first-order valence-electron chi connectivity index (χ1n) is 13.0. The van der Waals surface area contributed by atoms with Crippen molar-refractivity contribution in [3.8, 4) is 5.75 Å². The summed E-state index contributed by atoms with van der Waals surface area (Å²) in [5.41, 5.74) is 4.71. The molecule has 1 fully saturated rings. The second-order valence-electron chi connectivity index (χ2n) is 10.4. The number of benzene rings is 1. The van der Waals surface area contributed by atoms with Gasteiger partial charge in [-0.05, 0) is 62.1 Å². The van der Waals surface area contributed by atoms with Gasteiger partial charge in [0.2, 0.25) is 5.95 Å². The summed E-state index contributed by atoms with van der Waals surface area (Å²) in [6, 6.07) is 4.13. The first-order valence-corrected chi connectivity index (χ1v) is 14.9. The third-order valence-corrected chi connectivity index (χ3v) is 8.77. The molecule has 3 heterocycles. The molecule has 2 aromatic heterocycles. The minimum absolute atomic E-state index is 0.0881. The molecular weight excluding hydrogens is 557 g/mol. The fraction of sp³-hybridized carbons (Fsp3) is 0.444. The van der Waals surface area contributed by atoms with E-state index in [0.29, 0.717) is 27.5 Å². The highest BCUT2D eigenvalue weighted by Crippen LogP contribution is 2.40. The van der Waals surface area contributed by atoms with Gasteiger partial charge in [0.1, 0.15) is 10.8 Å². The number of aromatic nitrogens is 4. The Hall–Kier alpha value is -2.66. The lowest BCUT2D eigenvalue weighted by Crippen LogP contribution is -2.26. The van der Waals surface area contributed by atoms with Crippen LogP contribution in [0.3, 0.4) is 0 Å². The van der Waals surface area contributed by atoms with E-state index in [0.717, 1.165) is 59.9 Å². The minimum Gasteiger partial charge on any atom is -0.488 e. The third-order valence-electron chi connectivity index (χ3n) is 6.61. The van der Waals surface area contributed by atoms with Crippen molar-refractivity contribution >= 4 is 62.7 Å². The van der Waals surface area contributed by atoms with Crippen molar-refractivity contribution in [2.24, 2.45) is 7.05 Å². The van der Waals surface area contributed by atoms with Crippen molar-refractivity contribution in [1.82, 2.24) is 24.6 Å². The number of rotatable bonds is 9. The van der Waals surface area contributed by atoms with Gasteiger partial charge in [-0.1, -0.05) is 37.0 Å². The van der Waals surface area contributed by atoms with Gasteiger partial charge >= 0.3 is 0 Å². The number of halogens is 2. The highest BCUT2D eigenvalue weighted by Gasteiger charge is 2.27. The van der Waals surface area contributed by atoms with Crippen molar-refractivity contribution in [3.05, 3.63) is 45.7 Å². The molecule has 12 heteroatoms. The Labute approximate surface area is 241 Å². The monoisotopic (exact) mass is 589 g/mol. The largest absolute Gasteiger partial charge is 0.488 e. The normalized spacial score (nSPS) is 17.0. The van der Waals surface area contributed by atoms with Gasteiger partial charge in [-0.3, -0.25) is 8.89 Å². The first-order chi connectivity index (χ1) is 18.6. The maximum absolute atomic E-state index is 12.8. The molecular formula is C27H33Cl2N7O2S. The molecule has 1 aliphatic carbocycles. The summed E-state index contributed by atoms with van der Waals surface area (Å²) < 4.78 is 20.7. The Morgan fingerprint density at radius 3 is 2.62 bits per heavy atom. The van der Waals surface area contributed by atoms with Gasteiger partial charge in [0.25, 0.3) is 0 Å². The van der Waals surface area contributed by atoms with E-state index in [1.807, 2.05) is 13.8 Å². The highest BCUT2D eigenvalue weighted by atomic mass is 35.5. The van der Waals surface area contributed by atoms with E-state index < -0.39 is 10.8 Å². The smallest absolute Gasteiger partial charge is 0.229 e. The lowest BCUT2D eigenvalue weighted by molar-refractivity contribution is 0.304. The summed E-state index contributed by atoms with van der Waals surface area (Å²) >= 11 is 13.1. The van der Waals surface area contributed by atoms with Crippen LogP contribution in [-0.2, 0) is 17.8 Å². The lowest BCUT2D eigenvalue weighted by Gasteiger charge is -2.26. The standard InChI is InChI=1S/C27H33Cl2N7O2S/c1-15(2)39(37)26-23(14-36(5)34-26)31-25-20(28)12-30-27(33-25)32-22-10-16(3)19(11-24(22)38-17-6-7-17)18-8-9-35(4)13-21(18)29/h10-12,14-15,17H,6-9,13H2,1-5H3,(H2,30,31,32,33). The predicted molar refractivity (Wildman–Crippen MR) is 158 cm³/mol. The fourth-order valence-electron chi connectivity index (χ4n) is 4.39. The van der Waals surface area contributed by atoms with Crippen LogP contribution in [0.2, 0.25) is 5.02 Å². The number of anilines is 4. The molecule has 3 aromatic rings. The van der Waals surface area contributed by atoms with Gasteiger partial charge in [-0.25, -0.2) is 4.98 Å². The van der Waals surface area contributed by atoms with Gasteiger partial charge in [0.05, 0.1) is 34.5 Å². The summed E-state index contributed by atoms with van der Waals surface area (Å²) in [4.78, 5) is 11.2. The van der Waals surface area contributed by atoms with Crippen molar-refractivity contribution in [1.29, 1.82) is 0 Å². The van der Waals surface area contributed by atoms with E-state index in [2.05, 4.69) is 56.7 Å². The number of aryl methyl sites for hydroxylation is 2. The zero-order chi connectivity index (χ0) is 27.8. The third kappa shape index (κ3) is 6.40. The van der Waals surface area contributed by atoms with E-state index in [1.54, 1.807) is 17.9 Å². The van der Waals surface area contributed by atoms with E-state index in [4.69, 9.17) is 27.9 Å². The van der Waals surface area contributed by atoms with Crippen molar-refractivity contribution < 1.29 is 8.95 Å². The predicted octanol–water partition coefficient (Wildman–Crippen LogP) is 6.00. The summed E-state index contributed by atoms with van der Waals surface area (Å²) in [7, 11) is 2.57. The molecule has 2 N–H and O–H groups in total. The minimum atomic E-state index is -1.29. The molecule has 9 nitrogen and oxygen atoms in total. The molecule has 1 unspecified atom stereocenters. The van der Waals surface area contributed by atoms with Crippen molar-refractivity contribution in [2.45, 2.75) is 56.4 Å². The van der Waals surface area contributed by atoms with Crippen LogP contribution in [0.4, 0.5) is 23.1 Å². The lowest BCUT2D eigenvalue weighted by atomic mass is 9.94. The summed E-state index contributed by atoms with van der Waals surface area (Å²) in [6.07, 6.45) is 6.45. The maximum Gasteiger partial charge on any atom is 0.229 e. The molecule has 1 saturated carbocycles. The number of hydrogen-bond donors (Lipinski definition) is 2. The number of likely N-dealkylation sites (N-methyl/N-ethyl adjacent to an activating group) is 1. The molecule has 1 atom stereocenters. The summed E-state index contributed by atoms with van der Waals surface area (Å²) in [5.74, 6) is 1.47. The van der Waals surface area contributed by atoms with Crippen LogP contribution < -0.4 is 15.4 Å². The molecule has 1 aromatic carbocycles. The Balaban J connectivity index is 1.45. The number of ether oxygens (including phenoxy) is 1. The SMILES string of the molecule is Cc1cc(Nc2ncc(Cl)c(Nc3cn(C)nc3S(=O)C(C)C)n2)c(OC2CC2)cc1C1=C(Cl)CN(C)CC1. The summed E-state index contributed by atoms with van der Waals surface area (Å²) in [5, 5.41) is 12.5. The number of nitrogens with zero attached hydrogens (tertiary/aromatic N) is 5. The number of nitrogens with one attached hydrogen (secondary N) is 2. The Bertz CT molecular complexity index is 1450. The van der Waals surface area contributed by atoms with Crippen LogP contribution in [0.5, 0.6) is 5.75 Å². The Kier molecular flexibility index (Phi) is 8.19. The molecule has 39 heavy (non-hydrogen) atoms. The molecule has 0 radical (unpaired) electrons. The van der Waals surface area contributed by atoms with Gasteiger partial charge < -0.3 is 20.3 Å². The van der Waals surface area contributed by atoms with Crippen LogP contribution in [0.25, 0.3) is 5.57 Å². The highest BCUT2D eigenvalue weighted by molar-refractivity contribution is 7.85. The molecule has 5 rings (SSSR count). The first kappa shape index (κ1) is 27.9. The zero-order valence-corrected chi connectivity index (χ0v) is 25.0. The van der Waals surface area contributed by atoms with Crippen molar-refractivity contribution in [2.75, 3.05) is 30.8 Å². The van der Waals surface area contributed by atoms with E-state index in [1.165, 1.54) is 11.8 Å². The quantitative estimate of drug-likeness (QED) is 0.313. The van der Waals surface area contributed by atoms with Gasteiger partial charge in [0.15, 0.2) is 10.8 Å². The van der Waals surface area contributed by atoms with Crippen LogP contribution in [-0.4, -0.2) is 60.3 Å². The van der Waals surface area contributed by atoms with E-state index in [9.17, 15) is 4.21 Å².